The first-order valence-corrected chi connectivity index (χ1v) is 5.20. The molecule has 0 unspecified atom stereocenters. The molecule has 1 saturated carbocycles. The molecule has 2 N–H and O–H groups in total. The lowest BCUT2D eigenvalue weighted by Crippen LogP contribution is -2.30. The summed E-state index contributed by atoms with van der Waals surface area (Å²) in [6.07, 6.45) is 3.43. The van der Waals surface area contributed by atoms with Crippen LogP contribution in [-0.4, -0.2) is 17.2 Å². The lowest BCUT2D eigenvalue weighted by atomic mass is 9.78. The van der Waals surface area contributed by atoms with Crippen molar-refractivity contribution in [1.29, 1.82) is 0 Å². The third-order valence-electron chi connectivity index (χ3n) is 2.79. The van der Waals surface area contributed by atoms with Gasteiger partial charge in [0, 0.05) is 0 Å². The van der Waals surface area contributed by atoms with Crippen LogP contribution in [0.1, 0.15) is 36.8 Å². The molecule has 0 aliphatic heterocycles. The normalized spacial score (nSPS) is 15.6. The second kappa shape index (κ2) is 3.75. The summed E-state index contributed by atoms with van der Waals surface area (Å²) in [4.78, 5) is 0. The number of hydrogen-bond acceptors (Lipinski definition) is 2. The maximum atomic E-state index is 9.13. The van der Waals surface area contributed by atoms with Crippen LogP contribution < -0.4 is 5.46 Å². The third kappa shape index (κ3) is 1.99. The lowest BCUT2D eigenvalue weighted by molar-refractivity contribution is 0.425. The molecule has 0 spiro atoms. The molecule has 1 aliphatic carbocycles. The molecule has 0 heterocycles. The summed E-state index contributed by atoms with van der Waals surface area (Å²) >= 11 is 0. The Kier molecular flexibility index (Phi) is 2.61. The average molecular weight is 190 g/mol. The van der Waals surface area contributed by atoms with Crippen LogP contribution in [0.4, 0.5) is 0 Å². The molecule has 74 valence electrons. The van der Waals surface area contributed by atoms with Crippen molar-refractivity contribution in [2.24, 2.45) is 0 Å². The van der Waals surface area contributed by atoms with Gasteiger partial charge in [-0.15, -0.1) is 0 Å². The van der Waals surface area contributed by atoms with Gasteiger partial charge in [-0.1, -0.05) is 25.1 Å². The fourth-order valence-electron chi connectivity index (χ4n) is 1.75. The Morgan fingerprint density at radius 2 is 2.00 bits per heavy atom. The van der Waals surface area contributed by atoms with Crippen LogP contribution in [0.25, 0.3) is 0 Å². The number of benzene rings is 1. The highest BCUT2D eigenvalue weighted by Crippen LogP contribution is 2.39. The molecular weight excluding hydrogens is 175 g/mol. The van der Waals surface area contributed by atoms with E-state index in [4.69, 9.17) is 10.0 Å². The number of aryl methyl sites for hydroxylation is 1. The Hall–Kier alpha value is -0.795. The summed E-state index contributed by atoms with van der Waals surface area (Å²) in [5.74, 6) is 0.666. The van der Waals surface area contributed by atoms with Crippen LogP contribution in [0, 0.1) is 0 Å². The largest absolute Gasteiger partial charge is 0.488 e. The maximum Gasteiger partial charge on any atom is 0.488 e. The van der Waals surface area contributed by atoms with E-state index in [2.05, 4.69) is 13.0 Å². The van der Waals surface area contributed by atoms with Gasteiger partial charge < -0.3 is 10.0 Å². The van der Waals surface area contributed by atoms with Crippen molar-refractivity contribution in [3.8, 4) is 0 Å². The summed E-state index contributed by atoms with van der Waals surface area (Å²) in [6, 6.07) is 5.97. The molecule has 0 radical (unpaired) electrons. The molecular formula is C11H15BO2. The molecule has 0 aromatic heterocycles. The minimum atomic E-state index is -1.33. The number of rotatable bonds is 3. The molecule has 2 rings (SSSR count). The zero-order valence-corrected chi connectivity index (χ0v) is 8.40. The highest BCUT2D eigenvalue weighted by molar-refractivity contribution is 6.58. The third-order valence-corrected chi connectivity index (χ3v) is 2.79. The predicted octanol–water partition coefficient (Wildman–Crippen LogP) is 0.806. The fourth-order valence-corrected chi connectivity index (χ4v) is 1.75. The van der Waals surface area contributed by atoms with E-state index in [1.54, 1.807) is 0 Å². The summed E-state index contributed by atoms with van der Waals surface area (Å²) in [6.45, 7) is 2.08. The molecule has 1 aromatic carbocycles. The van der Waals surface area contributed by atoms with Crippen LogP contribution in [-0.2, 0) is 6.42 Å². The molecule has 0 bridgehead atoms. The van der Waals surface area contributed by atoms with Crippen molar-refractivity contribution < 1.29 is 10.0 Å². The molecule has 1 aromatic rings. The van der Waals surface area contributed by atoms with Gasteiger partial charge in [-0.2, -0.15) is 0 Å². The van der Waals surface area contributed by atoms with Crippen molar-refractivity contribution in [2.75, 3.05) is 0 Å². The molecule has 1 aliphatic rings. The van der Waals surface area contributed by atoms with E-state index < -0.39 is 7.12 Å². The zero-order chi connectivity index (χ0) is 10.1. The van der Waals surface area contributed by atoms with Crippen LogP contribution in [0.2, 0.25) is 0 Å². The van der Waals surface area contributed by atoms with Crippen LogP contribution >= 0.6 is 0 Å². The Morgan fingerprint density at radius 3 is 2.50 bits per heavy atom. The van der Waals surface area contributed by atoms with Crippen molar-refractivity contribution >= 4 is 12.6 Å². The summed E-state index contributed by atoms with van der Waals surface area (Å²) in [5, 5.41) is 18.3. The van der Waals surface area contributed by atoms with E-state index in [-0.39, 0.29) is 0 Å². The minimum Gasteiger partial charge on any atom is -0.423 e. The van der Waals surface area contributed by atoms with E-state index in [0.717, 1.165) is 6.42 Å². The van der Waals surface area contributed by atoms with E-state index in [1.807, 2.05) is 12.1 Å². The summed E-state index contributed by atoms with van der Waals surface area (Å²) in [5.41, 5.74) is 3.09. The van der Waals surface area contributed by atoms with Crippen LogP contribution in [0.5, 0.6) is 0 Å². The Bertz CT molecular complexity index is 312. The first-order valence-electron chi connectivity index (χ1n) is 5.20. The Labute approximate surface area is 84.7 Å². The molecule has 14 heavy (non-hydrogen) atoms. The first-order chi connectivity index (χ1) is 6.70. The van der Waals surface area contributed by atoms with Gasteiger partial charge in [-0.05, 0) is 41.8 Å². The second-order valence-electron chi connectivity index (χ2n) is 4.01. The zero-order valence-electron chi connectivity index (χ0n) is 8.40. The van der Waals surface area contributed by atoms with Crippen molar-refractivity contribution in [3.05, 3.63) is 29.3 Å². The van der Waals surface area contributed by atoms with Crippen molar-refractivity contribution in [3.63, 3.8) is 0 Å². The molecule has 1 fully saturated rings. The minimum absolute atomic E-state index is 0.631. The van der Waals surface area contributed by atoms with Gasteiger partial charge in [0.15, 0.2) is 0 Å². The van der Waals surface area contributed by atoms with Gasteiger partial charge in [-0.25, -0.2) is 0 Å². The summed E-state index contributed by atoms with van der Waals surface area (Å²) in [7, 11) is -1.33. The van der Waals surface area contributed by atoms with E-state index >= 15 is 0 Å². The van der Waals surface area contributed by atoms with E-state index in [1.165, 1.54) is 24.0 Å². The first kappa shape index (κ1) is 9.75. The van der Waals surface area contributed by atoms with Crippen LogP contribution in [0.3, 0.4) is 0 Å². The maximum absolute atomic E-state index is 9.13. The topological polar surface area (TPSA) is 40.5 Å². The van der Waals surface area contributed by atoms with Gasteiger partial charge in [0.25, 0.3) is 0 Å². The van der Waals surface area contributed by atoms with Gasteiger partial charge in [0.2, 0.25) is 0 Å². The van der Waals surface area contributed by atoms with Crippen molar-refractivity contribution in [2.45, 2.75) is 32.1 Å². The van der Waals surface area contributed by atoms with Gasteiger partial charge in [-0.3, -0.25) is 0 Å². The SMILES string of the molecule is CCc1cc(B(O)O)cc(C2CC2)c1. The highest BCUT2D eigenvalue weighted by Gasteiger charge is 2.25. The standard InChI is InChI=1S/C11H15BO2/c1-2-8-5-10(9-3-4-9)7-11(6-8)12(13)14/h5-7,9,13-14H,2-4H2,1H3. The predicted molar refractivity (Wildman–Crippen MR) is 57.6 cm³/mol. The highest BCUT2D eigenvalue weighted by atomic mass is 16.4. The van der Waals surface area contributed by atoms with Gasteiger partial charge in [0.05, 0.1) is 0 Å². The lowest BCUT2D eigenvalue weighted by Gasteiger charge is -2.07. The molecule has 2 nitrogen and oxygen atoms in total. The van der Waals surface area contributed by atoms with E-state index in [0.29, 0.717) is 11.4 Å². The van der Waals surface area contributed by atoms with Crippen LogP contribution in [0.15, 0.2) is 18.2 Å². The quantitative estimate of drug-likeness (QED) is 0.692. The van der Waals surface area contributed by atoms with Gasteiger partial charge in [0.1, 0.15) is 0 Å². The number of hydrogen-bond donors (Lipinski definition) is 2. The fraction of sp³-hybridized carbons (Fsp3) is 0.455. The summed E-state index contributed by atoms with van der Waals surface area (Å²) < 4.78 is 0. The molecule has 0 amide bonds. The van der Waals surface area contributed by atoms with Crippen molar-refractivity contribution in [1.82, 2.24) is 0 Å². The molecule has 3 heteroatoms. The van der Waals surface area contributed by atoms with Gasteiger partial charge >= 0.3 is 7.12 Å². The van der Waals surface area contributed by atoms with E-state index in [9.17, 15) is 0 Å². The molecule has 0 saturated heterocycles. The average Bonchev–Trinajstić information content (AvgIpc) is 3.00. The smallest absolute Gasteiger partial charge is 0.423 e. The molecule has 0 atom stereocenters. The second-order valence-corrected chi connectivity index (χ2v) is 4.01. The Balaban J connectivity index is 2.35. The monoisotopic (exact) mass is 190 g/mol. The Morgan fingerprint density at radius 1 is 1.29 bits per heavy atom.